The lowest BCUT2D eigenvalue weighted by Crippen LogP contribution is -2.12. The Morgan fingerprint density at radius 1 is 0.463 bits per heavy atom. The van der Waals surface area contributed by atoms with Crippen LogP contribution in [0.3, 0.4) is 0 Å². The summed E-state index contributed by atoms with van der Waals surface area (Å²) in [5, 5.41) is 8.58. The molecule has 0 saturated carbocycles. The van der Waals surface area contributed by atoms with Crippen LogP contribution < -0.4 is 10.1 Å². The first-order chi connectivity index (χ1) is 20.3. The number of anilines is 1. The van der Waals surface area contributed by atoms with Crippen molar-refractivity contribution in [1.29, 1.82) is 0 Å². The van der Waals surface area contributed by atoms with Crippen LogP contribution in [0.2, 0.25) is 0 Å². The molecule has 0 amide bonds. The number of ether oxygens (including phenoxy) is 1. The fourth-order valence-electron chi connectivity index (χ4n) is 6.57. The molecule has 0 aliphatic carbocycles. The highest BCUT2D eigenvalue weighted by Crippen LogP contribution is 2.41. The van der Waals surface area contributed by atoms with E-state index in [4.69, 9.17) is 4.74 Å². The third kappa shape index (κ3) is 3.28. The van der Waals surface area contributed by atoms with Gasteiger partial charge in [-0.3, -0.25) is 0 Å². The van der Waals surface area contributed by atoms with Gasteiger partial charge < -0.3 is 19.2 Å². The van der Waals surface area contributed by atoms with E-state index in [1.807, 2.05) is 18.2 Å². The quantitative estimate of drug-likeness (QED) is 0.248. The van der Waals surface area contributed by atoms with Crippen LogP contribution in [0.15, 0.2) is 140 Å². The second-order valence-electron chi connectivity index (χ2n) is 10.7. The van der Waals surface area contributed by atoms with Crippen molar-refractivity contribution in [2.45, 2.75) is 6.23 Å². The molecule has 4 nitrogen and oxygen atoms in total. The molecule has 9 rings (SSSR count). The minimum Gasteiger partial charge on any atom is -0.464 e. The van der Waals surface area contributed by atoms with E-state index in [1.165, 1.54) is 43.6 Å². The molecule has 194 valence electrons. The van der Waals surface area contributed by atoms with Gasteiger partial charge in [0.05, 0.1) is 27.8 Å². The average molecular weight is 528 g/mol. The highest BCUT2D eigenvalue weighted by Gasteiger charge is 2.25. The molecule has 2 aromatic heterocycles. The number of nitrogens with zero attached hydrogens (tertiary/aromatic N) is 2. The molecule has 8 aromatic rings. The van der Waals surface area contributed by atoms with Gasteiger partial charge in [0, 0.05) is 38.5 Å². The molecule has 6 aromatic carbocycles. The average Bonchev–Trinajstić information content (AvgIpc) is 3.71. The van der Waals surface area contributed by atoms with Crippen molar-refractivity contribution in [3.05, 3.63) is 145 Å². The van der Waals surface area contributed by atoms with E-state index in [-0.39, 0.29) is 6.23 Å². The molecule has 0 saturated heterocycles. The molecule has 4 heteroatoms. The number of benzene rings is 6. The zero-order valence-electron chi connectivity index (χ0n) is 22.2. The van der Waals surface area contributed by atoms with Crippen molar-refractivity contribution in [3.8, 4) is 17.1 Å². The van der Waals surface area contributed by atoms with Crippen molar-refractivity contribution in [2.75, 3.05) is 5.32 Å². The molecule has 3 heterocycles. The summed E-state index contributed by atoms with van der Waals surface area (Å²) in [6.07, 6.45) is -0.299. The number of rotatable bonds is 3. The van der Waals surface area contributed by atoms with Crippen LogP contribution in [-0.4, -0.2) is 9.13 Å². The van der Waals surface area contributed by atoms with Gasteiger partial charge in [0.1, 0.15) is 5.75 Å². The molecule has 0 bridgehead atoms. The Kier molecular flexibility index (Phi) is 4.64. The Bertz CT molecular complexity index is 2030. The van der Waals surface area contributed by atoms with Crippen LogP contribution in [0.5, 0.6) is 5.75 Å². The molecule has 0 fully saturated rings. The summed E-state index contributed by atoms with van der Waals surface area (Å²) in [7, 11) is 0. The summed E-state index contributed by atoms with van der Waals surface area (Å²) in [4.78, 5) is 0. The molecular weight excluding hydrogens is 502 g/mol. The molecular formula is C37H25N3O. The molecule has 1 atom stereocenters. The van der Waals surface area contributed by atoms with Gasteiger partial charge in [-0.05, 0) is 54.6 Å². The van der Waals surface area contributed by atoms with E-state index < -0.39 is 0 Å². The maximum atomic E-state index is 6.46. The first kappa shape index (κ1) is 22.3. The minimum absolute atomic E-state index is 0.299. The van der Waals surface area contributed by atoms with Gasteiger partial charge in [0.15, 0.2) is 6.23 Å². The number of aromatic nitrogens is 2. The van der Waals surface area contributed by atoms with Crippen LogP contribution in [0, 0.1) is 0 Å². The Morgan fingerprint density at radius 2 is 0.878 bits per heavy atom. The van der Waals surface area contributed by atoms with Crippen molar-refractivity contribution in [1.82, 2.24) is 9.13 Å². The summed E-state index contributed by atoms with van der Waals surface area (Å²) in [6.45, 7) is 0. The molecule has 1 aliphatic rings. The SMILES string of the molecule is c1ccc2c(c1)NC(c1cc(-n3c4ccccc4c4ccccc43)cc(-n3c4ccccc4c4ccccc43)c1)O2. The smallest absolute Gasteiger partial charge is 0.196 e. The lowest BCUT2D eigenvalue weighted by atomic mass is 10.1. The summed E-state index contributed by atoms with van der Waals surface area (Å²) >= 11 is 0. The number of fused-ring (bicyclic) bond motifs is 7. The normalized spacial score (nSPS) is 14.5. The number of para-hydroxylation sites is 6. The molecule has 0 spiro atoms. The predicted molar refractivity (Wildman–Crippen MR) is 169 cm³/mol. The van der Waals surface area contributed by atoms with Crippen LogP contribution in [0.4, 0.5) is 5.69 Å². The standard InChI is InChI=1S/C37H25N3O/c1-6-16-32-27(11-1)28-12-2-7-17-33(28)39(32)25-21-24(37-38-31-15-5-10-20-36(31)41-37)22-26(23-25)40-34-18-8-3-13-29(34)30-14-4-9-19-35(30)40/h1-23,37-38H. The van der Waals surface area contributed by atoms with Gasteiger partial charge in [0.25, 0.3) is 0 Å². The second kappa shape index (κ2) is 8.51. The van der Waals surface area contributed by atoms with E-state index in [2.05, 4.69) is 136 Å². The van der Waals surface area contributed by atoms with Crippen molar-refractivity contribution >= 4 is 49.3 Å². The fourth-order valence-corrected chi connectivity index (χ4v) is 6.57. The van der Waals surface area contributed by atoms with Crippen LogP contribution in [0.25, 0.3) is 55.0 Å². The maximum absolute atomic E-state index is 6.46. The molecule has 1 N–H and O–H groups in total. The topological polar surface area (TPSA) is 31.1 Å². The Morgan fingerprint density at radius 3 is 1.34 bits per heavy atom. The monoisotopic (exact) mass is 527 g/mol. The third-order valence-corrected chi connectivity index (χ3v) is 8.32. The molecule has 41 heavy (non-hydrogen) atoms. The summed E-state index contributed by atoms with van der Waals surface area (Å²) in [5.41, 5.74) is 9.00. The lowest BCUT2D eigenvalue weighted by Gasteiger charge is -2.18. The lowest BCUT2D eigenvalue weighted by molar-refractivity contribution is 0.260. The van der Waals surface area contributed by atoms with E-state index in [0.717, 1.165) is 28.4 Å². The van der Waals surface area contributed by atoms with Gasteiger partial charge in [-0.2, -0.15) is 0 Å². The number of hydrogen-bond donors (Lipinski definition) is 1. The zero-order valence-corrected chi connectivity index (χ0v) is 22.2. The van der Waals surface area contributed by atoms with Crippen molar-refractivity contribution in [3.63, 3.8) is 0 Å². The largest absolute Gasteiger partial charge is 0.464 e. The highest BCUT2D eigenvalue weighted by molar-refractivity contribution is 6.10. The fraction of sp³-hybridized carbons (Fsp3) is 0.0270. The van der Waals surface area contributed by atoms with Gasteiger partial charge >= 0.3 is 0 Å². The van der Waals surface area contributed by atoms with Crippen LogP contribution in [-0.2, 0) is 0 Å². The Labute approximate surface area is 236 Å². The van der Waals surface area contributed by atoms with Gasteiger partial charge in [-0.25, -0.2) is 0 Å². The molecule has 0 radical (unpaired) electrons. The van der Waals surface area contributed by atoms with Crippen LogP contribution in [0.1, 0.15) is 11.8 Å². The predicted octanol–water partition coefficient (Wildman–Crippen LogP) is 9.38. The van der Waals surface area contributed by atoms with E-state index >= 15 is 0 Å². The zero-order chi connectivity index (χ0) is 26.9. The molecule has 1 aliphatic heterocycles. The summed E-state index contributed by atoms with van der Waals surface area (Å²) < 4.78 is 11.2. The second-order valence-corrected chi connectivity index (χ2v) is 10.7. The van der Waals surface area contributed by atoms with E-state index in [0.29, 0.717) is 0 Å². The minimum atomic E-state index is -0.299. The third-order valence-electron chi connectivity index (χ3n) is 8.32. The highest BCUT2D eigenvalue weighted by atomic mass is 16.5. The first-order valence-electron chi connectivity index (χ1n) is 14.0. The molecule has 1 unspecified atom stereocenters. The Balaban J connectivity index is 1.36. The van der Waals surface area contributed by atoms with E-state index in [1.54, 1.807) is 0 Å². The first-order valence-corrected chi connectivity index (χ1v) is 14.0. The van der Waals surface area contributed by atoms with Gasteiger partial charge in [-0.1, -0.05) is 84.9 Å². The van der Waals surface area contributed by atoms with Gasteiger partial charge in [-0.15, -0.1) is 0 Å². The van der Waals surface area contributed by atoms with Gasteiger partial charge in [0.2, 0.25) is 0 Å². The number of nitrogens with one attached hydrogen (secondary N) is 1. The summed E-state index contributed by atoms with van der Waals surface area (Å²) in [5.74, 6) is 0.873. The number of hydrogen-bond acceptors (Lipinski definition) is 2. The maximum Gasteiger partial charge on any atom is 0.196 e. The van der Waals surface area contributed by atoms with Crippen molar-refractivity contribution in [2.24, 2.45) is 0 Å². The van der Waals surface area contributed by atoms with E-state index in [9.17, 15) is 0 Å². The Hall–Kier alpha value is -5.48. The van der Waals surface area contributed by atoms with Crippen molar-refractivity contribution < 1.29 is 4.74 Å². The van der Waals surface area contributed by atoms with Crippen LogP contribution >= 0.6 is 0 Å². The summed E-state index contributed by atoms with van der Waals surface area (Å²) in [6, 6.07) is 49.6.